The quantitative estimate of drug-likeness (QED) is 0.828. The van der Waals surface area contributed by atoms with Gasteiger partial charge in [0.2, 0.25) is 0 Å². The highest BCUT2D eigenvalue weighted by molar-refractivity contribution is 5.64. The van der Waals surface area contributed by atoms with Gasteiger partial charge in [0.05, 0.1) is 6.61 Å². The normalized spacial score (nSPS) is 10.3. The van der Waals surface area contributed by atoms with E-state index in [1.165, 1.54) is 24.3 Å². The second-order valence-corrected chi connectivity index (χ2v) is 3.98. The molecule has 0 aromatic heterocycles. The van der Waals surface area contributed by atoms with Crippen molar-refractivity contribution in [2.75, 3.05) is 17.7 Å². The highest BCUT2D eigenvalue weighted by Crippen LogP contribution is 2.25. The van der Waals surface area contributed by atoms with E-state index >= 15 is 0 Å². The molecule has 0 spiro atoms. The van der Waals surface area contributed by atoms with Gasteiger partial charge in [0.25, 0.3) is 0 Å². The Balaban J connectivity index is 2.21. The summed E-state index contributed by atoms with van der Waals surface area (Å²) in [5.74, 6) is -0.739. The van der Waals surface area contributed by atoms with Gasteiger partial charge in [-0.2, -0.15) is 0 Å². The zero-order valence-corrected chi connectivity index (χ0v) is 10.4. The Morgan fingerprint density at radius 2 is 1.89 bits per heavy atom. The van der Waals surface area contributed by atoms with Gasteiger partial charge in [0.1, 0.15) is 5.82 Å². The van der Waals surface area contributed by atoms with E-state index < -0.39 is 11.6 Å². The maximum atomic E-state index is 13.6. The maximum absolute atomic E-state index is 13.6. The molecule has 3 nitrogen and oxygen atoms in total. The van der Waals surface area contributed by atoms with Crippen LogP contribution in [-0.4, -0.2) is 6.61 Å². The number of hydrogen-bond acceptors (Lipinski definition) is 3. The van der Waals surface area contributed by atoms with Crippen LogP contribution in [-0.2, 0) is 0 Å². The number of anilines is 3. The van der Waals surface area contributed by atoms with Crippen LogP contribution in [0.25, 0.3) is 0 Å². The molecule has 0 unspecified atom stereocenters. The molecule has 0 aliphatic heterocycles. The van der Waals surface area contributed by atoms with E-state index in [0.717, 1.165) is 0 Å². The van der Waals surface area contributed by atoms with Gasteiger partial charge >= 0.3 is 0 Å². The summed E-state index contributed by atoms with van der Waals surface area (Å²) in [4.78, 5) is 0. The van der Waals surface area contributed by atoms with E-state index in [9.17, 15) is 8.78 Å². The molecule has 0 fully saturated rings. The van der Waals surface area contributed by atoms with Crippen molar-refractivity contribution in [3.8, 4) is 5.75 Å². The Morgan fingerprint density at radius 1 is 1.11 bits per heavy atom. The molecule has 0 saturated carbocycles. The van der Waals surface area contributed by atoms with Crippen LogP contribution in [0.15, 0.2) is 36.4 Å². The van der Waals surface area contributed by atoms with Gasteiger partial charge in [-0.3, -0.25) is 0 Å². The lowest BCUT2D eigenvalue weighted by Gasteiger charge is -2.10. The molecule has 0 saturated heterocycles. The summed E-state index contributed by atoms with van der Waals surface area (Å²) in [5, 5.41) is 2.88. The van der Waals surface area contributed by atoms with Crippen LogP contribution >= 0.6 is 0 Å². The van der Waals surface area contributed by atoms with Gasteiger partial charge in [-0.15, -0.1) is 0 Å². The maximum Gasteiger partial charge on any atom is 0.167 e. The van der Waals surface area contributed by atoms with Gasteiger partial charge in [0.15, 0.2) is 11.6 Å². The molecular formula is C14H14F2N2O. The fourth-order valence-electron chi connectivity index (χ4n) is 1.70. The lowest BCUT2D eigenvalue weighted by molar-refractivity contribution is 0.321. The van der Waals surface area contributed by atoms with Crippen LogP contribution in [0, 0.1) is 11.6 Å². The van der Waals surface area contributed by atoms with Gasteiger partial charge in [-0.25, -0.2) is 8.78 Å². The Morgan fingerprint density at radius 3 is 2.53 bits per heavy atom. The molecule has 0 heterocycles. The average molecular weight is 264 g/mol. The minimum atomic E-state index is -0.476. The first-order chi connectivity index (χ1) is 9.08. The van der Waals surface area contributed by atoms with Gasteiger partial charge in [-0.05, 0) is 37.3 Å². The number of nitrogens with one attached hydrogen (secondary N) is 1. The van der Waals surface area contributed by atoms with E-state index in [2.05, 4.69) is 5.32 Å². The molecule has 0 amide bonds. The number of halogens is 2. The first-order valence-electron chi connectivity index (χ1n) is 5.84. The standard InChI is InChI=1S/C14H14F2N2O/c1-2-19-14-4-3-11(8-13(14)16)18-12-6-9(15)5-10(17)7-12/h3-8,18H,2,17H2,1H3. The number of ether oxygens (including phenoxy) is 1. The highest BCUT2D eigenvalue weighted by atomic mass is 19.1. The van der Waals surface area contributed by atoms with Crippen LogP contribution < -0.4 is 15.8 Å². The summed E-state index contributed by atoms with van der Waals surface area (Å²) >= 11 is 0. The number of hydrogen-bond donors (Lipinski definition) is 2. The third-order valence-corrected chi connectivity index (χ3v) is 2.44. The zero-order valence-electron chi connectivity index (χ0n) is 10.4. The number of nitrogens with two attached hydrogens (primary N) is 1. The SMILES string of the molecule is CCOc1ccc(Nc2cc(N)cc(F)c2)cc1F. The largest absolute Gasteiger partial charge is 0.491 e. The van der Waals surface area contributed by atoms with Crippen molar-refractivity contribution in [2.24, 2.45) is 0 Å². The van der Waals surface area contributed by atoms with Crippen molar-refractivity contribution < 1.29 is 13.5 Å². The van der Waals surface area contributed by atoms with Crippen molar-refractivity contribution in [1.29, 1.82) is 0 Å². The van der Waals surface area contributed by atoms with Crippen molar-refractivity contribution in [2.45, 2.75) is 6.92 Å². The molecule has 2 aromatic carbocycles. The highest BCUT2D eigenvalue weighted by Gasteiger charge is 2.05. The molecule has 0 bridgehead atoms. The second kappa shape index (κ2) is 5.56. The van der Waals surface area contributed by atoms with Crippen LogP contribution in [0.4, 0.5) is 25.8 Å². The van der Waals surface area contributed by atoms with Gasteiger partial charge in [-0.1, -0.05) is 0 Å². The molecule has 0 aliphatic carbocycles. The van der Waals surface area contributed by atoms with E-state index in [0.29, 0.717) is 23.7 Å². The molecule has 2 rings (SSSR count). The topological polar surface area (TPSA) is 47.3 Å². The molecule has 0 radical (unpaired) electrons. The van der Waals surface area contributed by atoms with E-state index in [-0.39, 0.29) is 5.75 Å². The van der Waals surface area contributed by atoms with Gasteiger partial charge < -0.3 is 15.8 Å². The molecule has 2 aromatic rings. The van der Waals surface area contributed by atoms with Crippen molar-refractivity contribution in [3.05, 3.63) is 48.0 Å². The second-order valence-electron chi connectivity index (χ2n) is 3.98. The molecular weight excluding hydrogens is 250 g/mol. The number of nitrogen functional groups attached to an aromatic ring is 1. The van der Waals surface area contributed by atoms with Crippen molar-refractivity contribution >= 4 is 17.1 Å². The molecule has 0 atom stereocenters. The summed E-state index contributed by atoms with van der Waals surface area (Å²) in [7, 11) is 0. The molecule has 19 heavy (non-hydrogen) atoms. The average Bonchev–Trinajstić information content (AvgIpc) is 2.31. The number of benzene rings is 2. The predicted molar refractivity (Wildman–Crippen MR) is 71.7 cm³/mol. The molecule has 0 aliphatic rings. The summed E-state index contributed by atoms with van der Waals surface area (Å²) < 4.78 is 31.9. The monoisotopic (exact) mass is 264 g/mol. The summed E-state index contributed by atoms with van der Waals surface area (Å²) in [6.45, 7) is 2.17. The van der Waals surface area contributed by atoms with Crippen LogP contribution in [0.5, 0.6) is 5.75 Å². The van der Waals surface area contributed by atoms with Crippen molar-refractivity contribution in [3.63, 3.8) is 0 Å². The third-order valence-electron chi connectivity index (χ3n) is 2.44. The fraction of sp³-hybridized carbons (Fsp3) is 0.143. The minimum absolute atomic E-state index is 0.187. The summed E-state index contributed by atoms with van der Waals surface area (Å²) in [5.41, 5.74) is 6.78. The molecule has 5 heteroatoms. The fourth-order valence-corrected chi connectivity index (χ4v) is 1.70. The third kappa shape index (κ3) is 3.34. The Labute approximate surface area is 110 Å². The molecule has 100 valence electrons. The Bertz CT molecular complexity index is 567. The first kappa shape index (κ1) is 13.1. The first-order valence-corrected chi connectivity index (χ1v) is 5.84. The Hall–Kier alpha value is -2.30. The molecule has 3 N–H and O–H groups in total. The van der Waals surface area contributed by atoms with Crippen LogP contribution in [0.2, 0.25) is 0 Å². The number of rotatable bonds is 4. The predicted octanol–water partition coefficient (Wildman–Crippen LogP) is 3.69. The lowest BCUT2D eigenvalue weighted by Crippen LogP contribution is -1.97. The zero-order chi connectivity index (χ0) is 13.8. The van der Waals surface area contributed by atoms with E-state index in [1.807, 2.05) is 0 Å². The Kier molecular flexibility index (Phi) is 3.85. The van der Waals surface area contributed by atoms with Gasteiger partial charge in [0, 0.05) is 23.1 Å². The van der Waals surface area contributed by atoms with Crippen LogP contribution in [0.1, 0.15) is 6.92 Å². The van der Waals surface area contributed by atoms with E-state index in [1.54, 1.807) is 19.1 Å². The van der Waals surface area contributed by atoms with Crippen LogP contribution in [0.3, 0.4) is 0 Å². The summed E-state index contributed by atoms with van der Waals surface area (Å²) in [6, 6.07) is 8.51. The summed E-state index contributed by atoms with van der Waals surface area (Å²) in [6.07, 6.45) is 0. The van der Waals surface area contributed by atoms with Crippen molar-refractivity contribution in [1.82, 2.24) is 0 Å². The smallest absolute Gasteiger partial charge is 0.167 e. The minimum Gasteiger partial charge on any atom is -0.491 e. The van der Waals surface area contributed by atoms with E-state index in [4.69, 9.17) is 10.5 Å². The lowest BCUT2D eigenvalue weighted by atomic mass is 10.2.